The van der Waals surface area contributed by atoms with Crippen molar-refractivity contribution < 1.29 is 10.2 Å². The van der Waals surface area contributed by atoms with Gasteiger partial charge < -0.3 is 20.0 Å². The van der Waals surface area contributed by atoms with Gasteiger partial charge in [0, 0.05) is 71.5 Å². The summed E-state index contributed by atoms with van der Waals surface area (Å²) in [5, 5.41) is 18.1. The minimum Gasteiger partial charge on any atom is -0.395 e. The number of hydrogen-bond acceptors (Lipinski definition) is 8. The van der Waals surface area contributed by atoms with Gasteiger partial charge in [-0.05, 0) is 6.92 Å². The number of aryl methyl sites for hydroxylation is 1. The number of aromatic nitrogens is 2. The summed E-state index contributed by atoms with van der Waals surface area (Å²) in [6.45, 7) is 11.4. The third-order valence-electron chi connectivity index (χ3n) is 5.04. The third-order valence-corrected chi connectivity index (χ3v) is 5.04. The van der Waals surface area contributed by atoms with Crippen LogP contribution in [0.1, 0.15) is 5.82 Å². The number of β-amino-alcohol motifs (C(OH)–C–C–N with tert-alkyl or cyclic N) is 2. The molecule has 2 aliphatic rings. The van der Waals surface area contributed by atoms with Crippen LogP contribution in [0.3, 0.4) is 0 Å². The lowest BCUT2D eigenvalue weighted by Gasteiger charge is -2.37. The average Bonchev–Trinajstić information content (AvgIpc) is 2.63. The second-order valence-electron chi connectivity index (χ2n) is 6.74. The molecule has 140 valence electrons. The van der Waals surface area contributed by atoms with Crippen molar-refractivity contribution in [1.82, 2.24) is 19.8 Å². The summed E-state index contributed by atoms with van der Waals surface area (Å²) >= 11 is 0. The summed E-state index contributed by atoms with van der Waals surface area (Å²) in [5.41, 5.74) is 0. The van der Waals surface area contributed by atoms with E-state index in [2.05, 4.69) is 35.6 Å². The predicted molar refractivity (Wildman–Crippen MR) is 98.2 cm³/mol. The molecule has 2 N–H and O–H groups in total. The van der Waals surface area contributed by atoms with Crippen LogP contribution in [0.5, 0.6) is 0 Å². The van der Waals surface area contributed by atoms with Gasteiger partial charge in [-0.25, -0.2) is 9.97 Å². The molecule has 0 radical (unpaired) electrons. The first kappa shape index (κ1) is 18.3. The van der Waals surface area contributed by atoms with Crippen molar-refractivity contribution >= 4 is 11.6 Å². The fraction of sp³-hybridized carbons (Fsp3) is 0.765. The van der Waals surface area contributed by atoms with Crippen molar-refractivity contribution in [3.63, 3.8) is 0 Å². The van der Waals surface area contributed by atoms with Crippen LogP contribution in [0, 0.1) is 6.92 Å². The minimum absolute atomic E-state index is 0.221. The summed E-state index contributed by atoms with van der Waals surface area (Å²) in [6.07, 6.45) is 0. The molecule has 1 aromatic heterocycles. The van der Waals surface area contributed by atoms with Crippen LogP contribution in [0.4, 0.5) is 11.6 Å². The summed E-state index contributed by atoms with van der Waals surface area (Å²) in [7, 11) is 0. The van der Waals surface area contributed by atoms with Crippen LogP contribution in [0.2, 0.25) is 0 Å². The zero-order chi connectivity index (χ0) is 17.6. The molecule has 8 nitrogen and oxygen atoms in total. The van der Waals surface area contributed by atoms with E-state index < -0.39 is 0 Å². The van der Waals surface area contributed by atoms with Crippen molar-refractivity contribution in [2.75, 3.05) is 88.5 Å². The zero-order valence-corrected chi connectivity index (χ0v) is 15.1. The van der Waals surface area contributed by atoms with E-state index in [-0.39, 0.29) is 13.2 Å². The molecular weight excluding hydrogens is 320 g/mol. The fourth-order valence-corrected chi connectivity index (χ4v) is 3.54. The maximum Gasteiger partial charge on any atom is 0.134 e. The van der Waals surface area contributed by atoms with Crippen LogP contribution in [-0.2, 0) is 0 Å². The summed E-state index contributed by atoms with van der Waals surface area (Å²) in [4.78, 5) is 18.5. The molecule has 25 heavy (non-hydrogen) atoms. The van der Waals surface area contributed by atoms with E-state index in [0.29, 0.717) is 0 Å². The molecule has 1 aromatic rings. The van der Waals surface area contributed by atoms with Gasteiger partial charge in [0.2, 0.25) is 0 Å². The molecule has 0 atom stereocenters. The van der Waals surface area contributed by atoms with Crippen LogP contribution in [-0.4, -0.2) is 109 Å². The Morgan fingerprint density at radius 2 is 1.16 bits per heavy atom. The van der Waals surface area contributed by atoms with Crippen molar-refractivity contribution in [2.45, 2.75) is 6.92 Å². The molecule has 2 fully saturated rings. The van der Waals surface area contributed by atoms with Crippen LogP contribution in [0.15, 0.2) is 6.07 Å². The molecule has 3 heterocycles. The van der Waals surface area contributed by atoms with E-state index in [1.54, 1.807) is 0 Å². The van der Waals surface area contributed by atoms with E-state index in [0.717, 1.165) is 82.9 Å². The molecular formula is C17H30N6O2. The highest BCUT2D eigenvalue weighted by atomic mass is 16.3. The summed E-state index contributed by atoms with van der Waals surface area (Å²) in [6, 6.07) is 2.11. The van der Waals surface area contributed by atoms with E-state index in [9.17, 15) is 0 Å². The molecule has 0 unspecified atom stereocenters. The quantitative estimate of drug-likeness (QED) is 0.677. The van der Waals surface area contributed by atoms with Crippen LogP contribution in [0.25, 0.3) is 0 Å². The smallest absolute Gasteiger partial charge is 0.134 e. The molecule has 8 heteroatoms. The zero-order valence-electron chi connectivity index (χ0n) is 15.1. The third kappa shape index (κ3) is 4.78. The van der Waals surface area contributed by atoms with E-state index in [1.165, 1.54) is 0 Å². The largest absolute Gasteiger partial charge is 0.395 e. The second kappa shape index (κ2) is 8.75. The van der Waals surface area contributed by atoms with Gasteiger partial charge in [-0.2, -0.15) is 0 Å². The molecule has 0 amide bonds. The standard InChI is InChI=1S/C17H30N6O2/c1-15-18-16(22-6-2-20(3-7-22)10-12-24)14-17(19-15)23-8-4-21(5-9-23)11-13-25/h14,24-25H,2-13H2,1H3. The number of hydrogen-bond donors (Lipinski definition) is 2. The number of aliphatic hydroxyl groups is 2. The average molecular weight is 350 g/mol. The summed E-state index contributed by atoms with van der Waals surface area (Å²) < 4.78 is 0. The molecule has 0 aliphatic carbocycles. The van der Waals surface area contributed by atoms with Gasteiger partial charge >= 0.3 is 0 Å². The van der Waals surface area contributed by atoms with Gasteiger partial charge in [-0.15, -0.1) is 0 Å². The topological polar surface area (TPSA) is 79.2 Å². The van der Waals surface area contributed by atoms with Crippen LogP contribution < -0.4 is 9.80 Å². The molecule has 0 spiro atoms. The highest BCUT2D eigenvalue weighted by Crippen LogP contribution is 2.21. The van der Waals surface area contributed by atoms with Crippen molar-refractivity contribution in [2.24, 2.45) is 0 Å². The van der Waals surface area contributed by atoms with Gasteiger partial charge in [-0.1, -0.05) is 0 Å². The Hall–Kier alpha value is -1.48. The molecule has 0 bridgehead atoms. The molecule has 0 saturated carbocycles. The highest BCUT2D eigenvalue weighted by molar-refractivity contribution is 5.51. The first-order valence-corrected chi connectivity index (χ1v) is 9.21. The Balaban J connectivity index is 1.63. The van der Waals surface area contributed by atoms with E-state index in [4.69, 9.17) is 10.2 Å². The Bertz CT molecular complexity index is 498. The maximum absolute atomic E-state index is 9.07. The number of aliphatic hydroxyl groups excluding tert-OH is 2. The Kier molecular flexibility index (Phi) is 6.41. The number of rotatable bonds is 6. The first-order valence-electron chi connectivity index (χ1n) is 9.21. The van der Waals surface area contributed by atoms with Crippen LogP contribution >= 0.6 is 0 Å². The first-order chi connectivity index (χ1) is 12.2. The van der Waals surface area contributed by atoms with E-state index >= 15 is 0 Å². The fourth-order valence-electron chi connectivity index (χ4n) is 3.54. The predicted octanol–water partition coefficient (Wildman–Crippen LogP) is -0.986. The summed E-state index contributed by atoms with van der Waals surface area (Å²) in [5.74, 6) is 2.82. The molecule has 0 aromatic carbocycles. The maximum atomic E-state index is 9.07. The lowest BCUT2D eigenvalue weighted by Crippen LogP contribution is -2.48. The van der Waals surface area contributed by atoms with Gasteiger partial charge in [0.15, 0.2) is 0 Å². The van der Waals surface area contributed by atoms with E-state index in [1.807, 2.05) is 6.92 Å². The number of piperazine rings is 2. The molecule has 2 saturated heterocycles. The molecule has 3 rings (SSSR count). The van der Waals surface area contributed by atoms with Crippen molar-refractivity contribution in [3.8, 4) is 0 Å². The normalized spacial score (nSPS) is 20.3. The highest BCUT2D eigenvalue weighted by Gasteiger charge is 2.21. The Morgan fingerprint density at radius 1 is 0.760 bits per heavy atom. The minimum atomic E-state index is 0.221. The van der Waals surface area contributed by atoms with Crippen molar-refractivity contribution in [3.05, 3.63) is 11.9 Å². The SMILES string of the molecule is Cc1nc(N2CCN(CCO)CC2)cc(N2CCN(CCO)CC2)n1. The monoisotopic (exact) mass is 350 g/mol. The number of nitrogens with zero attached hydrogens (tertiary/aromatic N) is 6. The van der Waals surface area contributed by atoms with Gasteiger partial charge in [0.25, 0.3) is 0 Å². The Morgan fingerprint density at radius 3 is 1.52 bits per heavy atom. The molecule has 2 aliphatic heterocycles. The van der Waals surface area contributed by atoms with Gasteiger partial charge in [-0.3, -0.25) is 9.80 Å². The number of anilines is 2. The lowest BCUT2D eigenvalue weighted by molar-refractivity contribution is 0.188. The van der Waals surface area contributed by atoms with Gasteiger partial charge in [0.1, 0.15) is 17.5 Å². The van der Waals surface area contributed by atoms with Crippen molar-refractivity contribution in [1.29, 1.82) is 0 Å². The van der Waals surface area contributed by atoms with Gasteiger partial charge in [0.05, 0.1) is 13.2 Å². The Labute approximate surface area is 149 Å². The second-order valence-corrected chi connectivity index (χ2v) is 6.74. The lowest BCUT2D eigenvalue weighted by atomic mass is 10.3.